The lowest BCUT2D eigenvalue weighted by Crippen LogP contribution is -2.26. The quantitative estimate of drug-likeness (QED) is 0.586. The number of hydrogen-bond donors (Lipinski definition) is 0. The average molecular weight is 177 g/mol. The molecular weight excluding hydrogens is 158 g/mol. The van der Waals surface area contributed by atoms with Gasteiger partial charge in [-0.15, -0.1) is 0 Å². The summed E-state index contributed by atoms with van der Waals surface area (Å²) in [6, 6.07) is 0. The first-order valence-corrected chi connectivity index (χ1v) is 4.81. The highest BCUT2D eigenvalue weighted by Gasteiger charge is 2.10. The minimum absolute atomic E-state index is 1.08. The summed E-state index contributed by atoms with van der Waals surface area (Å²) < 4.78 is 0. The highest BCUT2D eigenvalue weighted by Crippen LogP contribution is 2.18. The van der Waals surface area contributed by atoms with Crippen LogP contribution in [-0.2, 0) is 0 Å². The molecule has 0 N–H and O–H groups in total. The number of nitrogens with zero attached hydrogens (tertiary/aromatic N) is 1. The zero-order valence-electron chi connectivity index (χ0n) is 8.93. The summed E-state index contributed by atoms with van der Waals surface area (Å²) in [5.41, 5.74) is 4.25. The van der Waals surface area contributed by atoms with Gasteiger partial charge in [-0.1, -0.05) is 29.9 Å². The van der Waals surface area contributed by atoms with Crippen molar-refractivity contribution in [3.05, 3.63) is 35.5 Å². The van der Waals surface area contributed by atoms with E-state index in [9.17, 15) is 0 Å². The first-order valence-electron chi connectivity index (χ1n) is 4.81. The number of allylic oxidation sites excluding steroid dienone is 2. The van der Waals surface area contributed by atoms with Crippen LogP contribution >= 0.6 is 0 Å². The smallest absolute Gasteiger partial charge is 0.0230 e. The Kier molecular flexibility index (Phi) is 3.49. The Labute approximate surface area is 81.4 Å². The number of likely N-dealkylation sites (N-methyl/N-ethyl adjacent to an activating group) is 1. The molecule has 0 aromatic heterocycles. The van der Waals surface area contributed by atoms with Crippen LogP contribution in [0.15, 0.2) is 35.5 Å². The Balaban J connectivity index is 2.82. The van der Waals surface area contributed by atoms with Crippen molar-refractivity contribution in [2.45, 2.75) is 20.3 Å². The van der Waals surface area contributed by atoms with Gasteiger partial charge in [0.05, 0.1) is 0 Å². The molecule has 1 heterocycles. The van der Waals surface area contributed by atoms with E-state index in [4.69, 9.17) is 0 Å². The van der Waals surface area contributed by atoms with E-state index in [1.54, 1.807) is 0 Å². The van der Waals surface area contributed by atoms with Crippen LogP contribution < -0.4 is 0 Å². The Morgan fingerprint density at radius 1 is 1.54 bits per heavy atom. The van der Waals surface area contributed by atoms with Crippen molar-refractivity contribution in [2.24, 2.45) is 0 Å². The third kappa shape index (κ3) is 2.85. The van der Waals surface area contributed by atoms with Gasteiger partial charge in [0.25, 0.3) is 0 Å². The Morgan fingerprint density at radius 3 is 2.85 bits per heavy atom. The van der Waals surface area contributed by atoms with Crippen LogP contribution in [0.1, 0.15) is 20.3 Å². The van der Waals surface area contributed by atoms with Crippen LogP contribution in [0.25, 0.3) is 0 Å². The minimum atomic E-state index is 1.08. The standard InChI is InChI=1S/C12H19N/c1-5-10(2)8-12-9-13(4)7-6-11(12)3/h5,8H,1,6-7,9H2,2-4H3/b10-8-. The van der Waals surface area contributed by atoms with Crippen molar-refractivity contribution >= 4 is 0 Å². The zero-order valence-corrected chi connectivity index (χ0v) is 8.93. The molecule has 0 spiro atoms. The molecule has 1 aliphatic rings. The molecule has 72 valence electrons. The molecule has 0 atom stereocenters. The van der Waals surface area contributed by atoms with Gasteiger partial charge in [0.1, 0.15) is 0 Å². The number of rotatable bonds is 2. The second kappa shape index (κ2) is 4.43. The average Bonchev–Trinajstić information content (AvgIpc) is 2.11. The molecule has 1 rings (SSSR count). The number of hydrogen-bond acceptors (Lipinski definition) is 1. The molecule has 0 saturated carbocycles. The summed E-state index contributed by atoms with van der Waals surface area (Å²) in [6.07, 6.45) is 5.36. The van der Waals surface area contributed by atoms with Crippen LogP contribution in [0.3, 0.4) is 0 Å². The second-order valence-electron chi connectivity index (χ2n) is 3.89. The van der Waals surface area contributed by atoms with Crippen LogP contribution in [0.5, 0.6) is 0 Å². The molecule has 0 radical (unpaired) electrons. The van der Waals surface area contributed by atoms with E-state index in [1.165, 1.54) is 29.7 Å². The predicted octanol–water partition coefficient (Wildman–Crippen LogP) is 2.77. The SMILES string of the molecule is C=C/C(C)=C\C1=C(C)CCN(C)C1. The van der Waals surface area contributed by atoms with E-state index in [-0.39, 0.29) is 0 Å². The van der Waals surface area contributed by atoms with E-state index in [0.29, 0.717) is 0 Å². The zero-order chi connectivity index (χ0) is 9.84. The highest BCUT2D eigenvalue weighted by molar-refractivity contribution is 5.33. The lowest BCUT2D eigenvalue weighted by atomic mass is 10.00. The Hall–Kier alpha value is -0.820. The van der Waals surface area contributed by atoms with Crippen molar-refractivity contribution < 1.29 is 0 Å². The molecule has 0 amide bonds. The van der Waals surface area contributed by atoms with Gasteiger partial charge in [-0.3, -0.25) is 0 Å². The monoisotopic (exact) mass is 177 g/mol. The van der Waals surface area contributed by atoms with Crippen molar-refractivity contribution in [1.82, 2.24) is 4.90 Å². The van der Waals surface area contributed by atoms with Crippen LogP contribution in [0.2, 0.25) is 0 Å². The van der Waals surface area contributed by atoms with E-state index in [2.05, 4.69) is 38.5 Å². The van der Waals surface area contributed by atoms with Gasteiger partial charge < -0.3 is 4.90 Å². The van der Waals surface area contributed by atoms with Crippen LogP contribution in [-0.4, -0.2) is 25.0 Å². The molecule has 0 bridgehead atoms. The maximum atomic E-state index is 3.77. The first kappa shape index (κ1) is 10.3. The Bertz CT molecular complexity index is 258. The van der Waals surface area contributed by atoms with E-state index >= 15 is 0 Å². The molecule has 13 heavy (non-hydrogen) atoms. The molecule has 0 fully saturated rings. The molecule has 0 aromatic carbocycles. The molecular formula is C12H19N. The van der Waals surface area contributed by atoms with E-state index in [1.807, 2.05) is 6.08 Å². The highest BCUT2D eigenvalue weighted by atomic mass is 15.1. The third-order valence-corrected chi connectivity index (χ3v) is 2.58. The summed E-state index contributed by atoms with van der Waals surface area (Å²) in [4.78, 5) is 2.36. The summed E-state index contributed by atoms with van der Waals surface area (Å²) in [6.45, 7) is 10.4. The predicted molar refractivity (Wildman–Crippen MR) is 58.8 cm³/mol. The lowest BCUT2D eigenvalue weighted by molar-refractivity contribution is 0.351. The molecule has 1 aliphatic heterocycles. The third-order valence-electron chi connectivity index (χ3n) is 2.58. The summed E-state index contributed by atoms with van der Waals surface area (Å²) in [5, 5.41) is 0. The van der Waals surface area contributed by atoms with Crippen LogP contribution in [0, 0.1) is 0 Å². The van der Waals surface area contributed by atoms with Crippen molar-refractivity contribution in [3.8, 4) is 0 Å². The van der Waals surface area contributed by atoms with E-state index in [0.717, 1.165) is 6.54 Å². The van der Waals surface area contributed by atoms with Crippen molar-refractivity contribution in [2.75, 3.05) is 20.1 Å². The van der Waals surface area contributed by atoms with Gasteiger partial charge in [-0.2, -0.15) is 0 Å². The molecule has 0 saturated heterocycles. The molecule has 1 nitrogen and oxygen atoms in total. The van der Waals surface area contributed by atoms with Gasteiger partial charge in [-0.05, 0) is 32.9 Å². The van der Waals surface area contributed by atoms with Gasteiger partial charge in [0, 0.05) is 13.1 Å². The lowest BCUT2D eigenvalue weighted by Gasteiger charge is -2.25. The summed E-state index contributed by atoms with van der Waals surface area (Å²) in [7, 11) is 2.17. The maximum absolute atomic E-state index is 3.77. The Morgan fingerprint density at radius 2 is 2.23 bits per heavy atom. The first-order chi connectivity index (χ1) is 6.13. The van der Waals surface area contributed by atoms with Gasteiger partial charge in [0.15, 0.2) is 0 Å². The van der Waals surface area contributed by atoms with Crippen molar-refractivity contribution in [3.63, 3.8) is 0 Å². The van der Waals surface area contributed by atoms with Crippen LogP contribution in [0.4, 0.5) is 0 Å². The summed E-state index contributed by atoms with van der Waals surface area (Å²) >= 11 is 0. The molecule has 0 aliphatic carbocycles. The van der Waals surface area contributed by atoms with Gasteiger partial charge in [0.2, 0.25) is 0 Å². The maximum Gasteiger partial charge on any atom is 0.0230 e. The fourth-order valence-corrected chi connectivity index (χ4v) is 1.53. The van der Waals surface area contributed by atoms with Gasteiger partial charge >= 0.3 is 0 Å². The second-order valence-corrected chi connectivity index (χ2v) is 3.89. The fourth-order valence-electron chi connectivity index (χ4n) is 1.53. The molecule has 0 aromatic rings. The summed E-state index contributed by atoms with van der Waals surface area (Å²) in [5.74, 6) is 0. The fraction of sp³-hybridized carbons (Fsp3) is 0.500. The topological polar surface area (TPSA) is 3.24 Å². The largest absolute Gasteiger partial charge is 0.302 e. The molecule has 0 unspecified atom stereocenters. The van der Waals surface area contributed by atoms with Crippen molar-refractivity contribution in [1.29, 1.82) is 0 Å². The van der Waals surface area contributed by atoms with E-state index < -0.39 is 0 Å². The minimum Gasteiger partial charge on any atom is -0.302 e. The van der Waals surface area contributed by atoms with Gasteiger partial charge in [-0.25, -0.2) is 0 Å². The molecule has 1 heteroatoms. The normalized spacial score (nSPS) is 20.7.